The zero-order valence-electron chi connectivity index (χ0n) is 17.6. The summed E-state index contributed by atoms with van der Waals surface area (Å²) >= 11 is 9.25. The third kappa shape index (κ3) is 5.33. The lowest BCUT2D eigenvalue weighted by atomic mass is 10.0. The minimum atomic E-state index is -4.83. The molecular weight excluding hydrogens is 543 g/mol. The van der Waals surface area contributed by atoms with Crippen molar-refractivity contribution in [3.05, 3.63) is 82.3 Å². The Morgan fingerprint density at radius 1 is 1.09 bits per heavy atom. The molecule has 0 saturated heterocycles. The van der Waals surface area contributed by atoms with Crippen LogP contribution in [0.1, 0.15) is 48.4 Å². The van der Waals surface area contributed by atoms with E-state index < -0.39 is 38.9 Å². The van der Waals surface area contributed by atoms with Crippen LogP contribution in [0.2, 0.25) is 0 Å². The molecule has 0 aliphatic rings. The van der Waals surface area contributed by atoms with E-state index in [1.807, 2.05) is 0 Å². The normalized spacial score (nSPS) is 14.0. The summed E-state index contributed by atoms with van der Waals surface area (Å²) in [6, 6.07) is 8.42. The number of nitrogens with zero attached hydrogens (tertiary/aromatic N) is 3. The maximum atomic E-state index is 14.2. The average molecular weight is 563 g/mol. The van der Waals surface area contributed by atoms with Gasteiger partial charge >= 0.3 is 6.18 Å². The molecule has 0 bridgehead atoms. The number of benzene rings is 2. The van der Waals surface area contributed by atoms with Gasteiger partial charge in [0.2, 0.25) is 0 Å². The number of hydrogen-bond acceptors (Lipinski definition) is 4. The summed E-state index contributed by atoms with van der Waals surface area (Å²) in [7, 11) is -4.46. The van der Waals surface area contributed by atoms with Crippen molar-refractivity contribution in [1.82, 2.24) is 9.97 Å². The molecule has 33 heavy (non-hydrogen) atoms. The Bertz CT molecular complexity index is 1230. The van der Waals surface area contributed by atoms with Crippen molar-refractivity contribution in [3.63, 3.8) is 0 Å². The molecule has 176 valence electrons. The van der Waals surface area contributed by atoms with Crippen molar-refractivity contribution < 1.29 is 21.6 Å². The van der Waals surface area contributed by atoms with Crippen molar-refractivity contribution in [2.75, 3.05) is 4.31 Å². The summed E-state index contributed by atoms with van der Waals surface area (Å²) in [5, 5.41) is -0.696. The molecule has 1 aromatic heterocycles. The van der Waals surface area contributed by atoms with Gasteiger partial charge in [-0.25, -0.2) is 18.4 Å². The second kappa shape index (κ2) is 9.99. The van der Waals surface area contributed by atoms with Gasteiger partial charge in [0.1, 0.15) is 11.2 Å². The van der Waals surface area contributed by atoms with Crippen LogP contribution >= 0.6 is 27.5 Å². The van der Waals surface area contributed by atoms with Crippen molar-refractivity contribution in [2.24, 2.45) is 0 Å². The van der Waals surface area contributed by atoms with Crippen LogP contribution in [0.3, 0.4) is 0 Å². The van der Waals surface area contributed by atoms with Crippen LogP contribution in [-0.4, -0.2) is 18.4 Å². The van der Waals surface area contributed by atoms with E-state index in [4.69, 9.17) is 11.6 Å². The molecule has 0 aliphatic carbocycles. The van der Waals surface area contributed by atoms with Gasteiger partial charge in [-0.2, -0.15) is 13.2 Å². The highest BCUT2D eigenvalue weighted by atomic mass is 79.9. The van der Waals surface area contributed by atoms with Gasteiger partial charge in [-0.1, -0.05) is 25.1 Å². The molecule has 2 unspecified atom stereocenters. The van der Waals surface area contributed by atoms with Gasteiger partial charge in [0.05, 0.1) is 22.7 Å². The summed E-state index contributed by atoms with van der Waals surface area (Å²) < 4.78 is 71.4. The molecule has 11 heteroatoms. The highest BCUT2D eigenvalue weighted by Gasteiger charge is 2.41. The number of aromatic nitrogens is 2. The van der Waals surface area contributed by atoms with Crippen LogP contribution in [0.4, 0.5) is 18.9 Å². The topological polar surface area (TPSA) is 63.2 Å². The van der Waals surface area contributed by atoms with E-state index in [0.717, 1.165) is 16.4 Å². The molecule has 5 nitrogen and oxygen atoms in total. The summed E-state index contributed by atoms with van der Waals surface area (Å²) in [6.07, 6.45) is -0.606. The molecule has 0 spiro atoms. The average Bonchev–Trinajstić information content (AvgIpc) is 2.77. The summed E-state index contributed by atoms with van der Waals surface area (Å²) in [5.74, 6) is 0. The first kappa shape index (κ1) is 25.5. The van der Waals surface area contributed by atoms with E-state index in [2.05, 4.69) is 25.9 Å². The lowest BCUT2D eigenvalue weighted by Crippen LogP contribution is -2.36. The summed E-state index contributed by atoms with van der Waals surface area (Å²) in [5.41, 5.74) is -1.02. The lowest BCUT2D eigenvalue weighted by molar-refractivity contribution is -0.137. The zero-order chi connectivity index (χ0) is 24.4. The van der Waals surface area contributed by atoms with Crippen LogP contribution in [0.5, 0.6) is 0 Å². The van der Waals surface area contributed by atoms with Crippen LogP contribution in [0, 0.1) is 0 Å². The molecular formula is C22H20BrClF3N3O2S. The van der Waals surface area contributed by atoms with Crippen molar-refractivity contribution in [2.45, 2.75) is 42.8 Å². The molecule has 0 amide bonds. The first-order chi connectivity index (χ1) is 15.5. The second-order valence-electron chi connectivity index (χ2n) is 7.22. The Morgan fingerprint density at radius 2 is 1.73 bits per heavy atom. The molecule has 0 fully saturated rings. The van der Waals surface area contributed by atoms with Gasteiger partial charge in [-0.15, -0.1) is 11.6 Å². The Balaban J connectivity index is 2.37. The summed E-state index contributed by atoms with van der Waals surface area (Å²) in [4.78, 5) is 7.69. The standard InChI is InChI=1S/C22H20BrClF3N3O2S/c1-3-19(16-11-28-13-29-12-16)30(33(31,32)21-7-5-4-6-18(21)23)20-9-8-15(14(2)24)10-17(20)22(25,26)27/h4-14,19H,3H2,1-2H3. The van der Waals surface area contributed by atoms with E-state index in [-0.39, 0.29) is 21.4 Å². The van der Waals surface area contributed by atoms with Crippen molar-refractivity contribution in [3.8, 4) is 0 Å². The number of sulfonamides is 1. The summed E-state index contributed by atoms with van der Waals surface area (Å²) in [6.45, 7) is 3.23. The maximum absolute atomic E-state index is 14.2. The van der Waals surface area contributed by atoms with Gasteiger partial charge in [0, 0.05) is 22.4 Å². The van der Waals surface area contributed by atoms with E-state index in [1.165, 1.54) is 43.0 Å². The highest BCUT2D eigenvalue weighted by Crippen LogP contribution is 2.44. The predicted octanol–water partition coefficient (Wildman–Crippen LogP) is 6.90. The Hall–Kier alpha value is -2.17. The van der Waals surface area contributed by atoms with Gasteiger partial charge in [0.25, 0.3) is 10.0 Å². The van der Waals surface area contributed by atoms with Gasteiger partial charge in [-0.05, 0) is 59.1 Å². The predicted molar refractivity (Wildman–Crippen MR) is 125 cm³/mol. The maximum Gasteiger partial charge on any atom is 0.418 e. The fraction of sp³-hybridized carbons (Fsp3) is 0.273. The van der Waals surface area contributed by atoms with Gasteiger partial charge in [-0.3, -0.25) is 4.31 Å². The molecule has 1 heterocycles. The van der Waals surface area contributed by atoms with Crippen LogP contribution < -0.4 is 4.31 Å². The Morgan fingerprint density at radius 3 is 2.27 bits per heavy atom. The third-order valence-electron chi connectivity index (χ3n) is 5.03. The van der Waals surface area contributed by atoms with E-state index in [1.54, 1.807) is 19.9 Å². The molecule has 0 radical (unpaired) electrons. The molecule has 3 aromatic rings. The monoisotopic (exact) mass is 561 g/mol. The van der Waals surface area contributed by atoms with Crippen LogP contribution in [0.25, 0.3) is 0 Å². The van der Waals surface area contributed by atoms with Crippen molar-refractivity contribution >= 4 is 43.2 Å². The minimum absolute atomic E-state index is 0.164. The number of hydrogen-bond donors (Lipinski definition) is 0. The second-order valence-corrected chi connectivity index (χ2v) is 10.5. The van der Waals surface area contributed by atoms with Crippen LogP contribution in [-0.2, 0) is 16.2 Å². The first-order valence-corrected chi connectivity index (χ1v) is 12.5. The van der Waals surface area contributed by atoms with Crippen LogP contribution in [0.15, 0.2) is 70.6 Å². The molecule has 3 rings (SSSR count). The third-order valence-corrected chi connectivity index (χ3v) is 8.12. The fourth-order valence-electron chi connectivity index (χ4n) is 3.46. The number of alkyl halides is 4. The quantitative estimate of drug-likeness (QED) is 0.294. The molecule has 2 aromatic carbocycles. The minimum Gasteiger partial charge on any atom is -0.258 e. The number of anilines is 1. The first-order valence-electron chi connectivity index (χ1n) is 9.87. The Kier molecular flexibility index (Phi) is 7.70. The highest BCUT2D eigenvalue weighted by molar-refractivity contribution is 9.10. The van der Waals surface area contributed by atoms with E-state index in [9.17, 15) is 21.6 Å². The van der Waals surface area contributed by atoms with Gasteiger partial charge < -0.3 is 0 Å². The number of halogens is 5. The molecule has 2 atom stereocenters. The SMILES string of the molecule is CCC(c1cncnc1)N(c1ccc(C(C)Cl)cc1C(F)(F)F)S(=O)(=O)c1ccccc1Br. The number of rotatable bonds is 7. The Labute approximate surface area is 203 Å². The molecule has 0 N–H and O–H groups in total. The van der Waals surface area contributed by atoms with E-state index in [0.29, 0.717) is 5.56 Å². The lowest BCUT2D eigenvalue weighted by Gasteiger charge is -2.34. The smallest absolute Gasteiger partial charge is 0.258 e. The molecule has 0 aliphatic heterocycles. The largest absolute Gasteiger partial charge is 0.418 e. The fourth-order valence-corrected chi connectivity index (χ4v) is 6.30. The molecule has 0 saturated carbocycles. The van der Waals surface area contributed by atoms with E-state index >= 15 is 0 Å². The van der Waals surface area contributed by atoms with Gasteiger partial charge in [0.15, 0.2) is 0 Å². The van der Waals surface area contributed by atoms with Crippen molar-refractivity contribution in [1.29, 1.82) is 0 Å². The zero-order valence-corrected chi connectivity index (χ0v) is 20.7.